The molecule has 8 nitrogen and oxygen atoms in total. The standard InChI is InChI=1S/C22H20N2O6/c1-3-5-17-10-15(12-20(29-4-2)22(17)30-14-21(25)26)11-18(13-23)16-6-8-19(9-7-16)24(27)28/h3,6-12H,1,4-5,14H2,2H3,(H,25,26)/b18-11+. The van der Waals surface area contributed by atoms with Gasteiger partial charge in [0.15, 0.2) is 18.1 Å². The molecule has 8 heteroatoms. The molecule has 0 heterocycles. The Morgan fingerprint density at radius 3 is 2.53 bits per heavy atom. The first-order chi connectivity index (χ1) is 14.4. The van der Waals surface area contributed by atoms with Crippen LogP contribution in [-0.4, -0.2) is 29.2 Å². The molecule has 0 aliphatic carbocycles. The van der Waals surface area contributed by atoms with E-state index in [-0.39, 0.29) is 5.69 Å². The Kier molecular flexibility index (Phi) is 7.71. The Morgan fingerprint density at radius 2 is 2.00 bits per heavy atom. The number of nitro groups is 1. The summed E-state index contributed by atoms with van der Waals surface area (Å²) >= 11 is 0. The molecule has 1 N–H and O–H groups in total. The minimum Gasteiger partial charge on any atom is -0.490 e. The third-order valence-electron chi connectivity index (χ3n) is 3.98. The molecule has 0 spiro atoms. The summed E-state index contributed by atoms with van der Waals surface area (Å²) in [5.41, 5.74) is 2.05. The van der Waals surface area contributed by atoms with Crippen LogP contribution < -0.4 is 9.47 Å². The summed E-state index contributed by atoms with van der Waals surface area (Å²) in [6, 6.07) is 11.2. The number of hydrogen-bond acceptors (Lipinski definition) is 6. The second-order valence-corrected chi connectivity index (χ2v) is 6.09. The van der Waals surface area contributed by atoms with E-state index in [2.05, 4.69) is 12.6 Å². The number of rotatable bonds is 10. The smallest absolute Gasteiger partial charge is 0.341 e. The largest absolute Gasteiger partial charge is 0.490 e. The molecule has 30 heavy (non-hydrogen) atoms. The van der Waals surface area contributed by atoms with Crippen LogP contribution in [0.3, 0.4) is 0 Å². The number of non-ortho nitro benzene ring substituents is 1. The Bertz CT molecular complexity index is 1020. The van der Waals surface area contributed by atoms with Crippen molar-refractivity contribution in [3.63, 3.8) is 0 Å². The van der Waals surface area contributed by atoms with E-state index in [4.69, 9.17) is 14.6 Å². The van der Waals surface area contributed by atoms with E-state index < -0.39 is 17.5 Å². The van der Waals surface area contributed by atoms with Gasteiger partial charge in [-0.05, 0) is 54.8 Å². The molecule has 0 bridgehead atoms. The molecule has 2 rings (SSSR count). The third-order valence-corrected chi connectivity index (χ3v) is 3.98. The van der Waals surface area contributed by atoms with E-state index in [1.165, 1.54) is 24.3 Å². The molecule has 2 aromatic rings. The van der Waals surface area contributed by atoms with Gasteiger partial charge in [-0.3, -0.25) is 10.1 Å². The lowest BCUT2D eigenvalue weighted by molar-refractivity contribution is -0.384. The molecule has 0 atom stereocenters. The van der Waals surface area contributed by atoms with Gasteiger partial charge in [-0.2, -0.15) is 5.26 Å². The van der Waals surface area contributed by atoms with Crippen molar-refractivity contribution in [3.05, 3.63) is 75.9 Å². The summed E-state index contributed by atoms with van der Waals surface area (Å²) in [7, 11) is 0. The quantitative estimate of drug-likeness (QED) is 0.205. The Morgan fingerprint density at radius 1 is 1.30 bits per heavy atom. The lowest BCUT2D eigenvalue weighted by Gasteiger charge is -2.16. The maximum absolute atomic E-state index is 10.9. The van der Waals surface area contributed by atoms with Crippen molar-refractivity contribution in [2.24, 2.45) is 0 Å². The van der Waals surface area contributed by atoms with Gasteiger partial charge in [-0.1, -0.05) is 6.08 Å². The Labute approximate surface area is 173 Å². The van der Waals surface area contributed by atoms with Crippen molar-refractivity contribution >= 4 is 23.3 Å². The first kappa shape index (κ1) is 22.2. The van der Waals surface area contributed by atoms with Crippen molar-refractivity contribution in [2.75, 3.05) is 13.2 Å². The van der Waals surface area contributed by atoms with Gasteiger partial charge in [0, 0.05) is 17.7 Å². The van der Waals surface area contributed by atoms with Gasteiger partial charge < -0.3 is 14.6 Å². The van der Waals surface area contributed by atoms with Crippen molar-refractivity contribution in [1.29, 1.82) is 5.26 Å². The van der Waals surface area contributed by atoms with Gasteiger partial charge in [-0.15, -0.1) is 6.58 Å². The number of benzene rings is 2. The van der Waals surface area contributed by atoms with E-state index in [0.29, 0.717) is 46.8 Å². The molecule has 0 saturated carbocycles. The fourth-order valence-electron chi connectivity index (χ4n) is 2.74. The summed E-state index contributed by atoms with van der Waals surface area (Å²) in [5.74, 6) is -0.452. The van der Waals surface area contributed by atoms with E-state index in [0.717, 1.165) is 0 Å². The summed E-state index contributed by atoms with van der Waals surface area (Å²) in [6.45, 7) is 5.30. The lowest BCUT2D eigenvalue weighted by atomic mass is 10.0. The highest BCUT2D eigenvalue weighted by molar-refractivity contribution is 5.90. The third kappa shape index (κ3) is 5.69. The highest BCUT2D eigenvalue weighted by Crippen LogP contribution is 2.35. The van der Waals surface area contributed by atoms with Gasteiger partial charge in [0.25, 0.3) is 5.69 Å². The topological polar surface area (TPSA) is 123 Å². The lowest BCUT2D eigenvalue weighted by Crippen LogP contribution is -2.12. The SMILES string of the molecule is C=CCc1cc(/C=C(\C#N)c2ccc([N+](=O)[O-])cc2)cc(OCC)c1OCC(=O)O. The van der Waals surface area contributed by atoms with E-state index >= 15 is 0 Å². The van der Waals surface area contributed by atoms with E-state index in [1.54, 1.807) is 31.2 Å². The minimum absolute atomic E-state index is 0.0668. The van der Waals surface area contributed by atoms with Crippen LogP contribution in [0, 0.1) is 21.4 Å². The molecule has 0 aliphatic rings. The molecule has 0 amide bonds. The van der Waals surface area contributed by atoms with Gasteiger partial charge >= 0.3 is 5.97 Å². The van der Waals surface area contributed by atoms with Crippen LogP contribution in [0.4, 0.5) is 5.69 Å². The molecule has 0 radical (unpaired) electrons. The number of hydrogen-bond donors (Lipinski definition) is 1. The van der Waals surface area contributed by atoms with Crippen LogP contribution in [0.1, 0.15) is 23.6 Å². The average molecular weight is 408 g/mol. The molecule has 154 valence electrons. The van der Waals surface area contributed by atoms with Crippen molar-refractivity contribution in [1.82, 2.24) is 0 Å². The number of allylic oxidation sites excluding steroid dienone is 2. The van der Waals surface area contributed by atoms with Crippen LogP contribution in [0.25, 0.3) is 11.6 Å². The zero-order valence-corrected chi connectivity index (χ0v) is 16.3. The van der Waals surface area contributed by atoms with Crippen LogP contribution >= 0.6 is 0 Å². The number of carboxylic acids is 1. The molecule has 0 aromatic heterocycles. The van der Waals surface area contributed by atoms with Crippen LogP contribution in [0.2, 0.25) is 0 Å². The Balaban J connectivity index is 2.52. The van der Waals surface area contributed by atoms with Crippen LogP contribution in [-0.2, 0) is 11.2 Å². The number of ether oxygens (including phenoxy) is 2. The molecule has 0 fully saturated rings. The molecular formula is C22H20N2O6. The fraction of sp³-hybridized carbons (Fsp3) is 0.182. The fourth-order valence-corrected chi connectivity index (χ4v) is 2.74. The zero-order valence-electron chi connectivity index (χ0n) is 16.3. The average Bonchev–Trinajstić information content (AvgIpc) is 2.71. The Hall–Kier alpha value is -4.12. The normalized spacial score (nSPS) is 10.7. The second-order valence-electron chi connectivity index (χ2n) is 6.09. The minimum atomic E-state index is -1.11. The van der Waals surface area contributed by atoms with Gasteiger partial charge in [0.1, 0.15) is 0 Å². The monoisotopic (exact) mass is 408 g/mol. The molecule has 0 unspecified atom stereocenters. The first-order valence-electron chi connectivity index (χ1n) is 9.01. The maximum atomic E-state index is 10.9. The second kappa shape index (κ2) is 10.4. The van der Waals surface area contributed by atoms with Gasteiger partial charge in [0.05, 0.1) is 23.2 Å². The summed E-state index contributed by atoms with van der Waals surface area (Å²) in [6.07, 6.45) is 3.67. The molecule has 2 aromatic carbocycles. The summed E-state index contributed by atoms with van der Waals surface area (Å²) < 4.78 is 11.0. The predicted molar refractivity (Wildman–Crippen MR) is 111 cm³/mol. The molecule has 0 saturated heterocycles. The van der Waals surface area contributed by atoms with Crippen molar-refractivity contribution < 1.29 is 24.3 Å². The molecular weight excluding hydrogens is 388 g/mol. The number of carbonyl (C=O) groups is 1. The summed E-state index contributed by atoms with van der Waals surface area (Å²) in [4.78, 5) is 21.2. The van der Waals surface area contributed by atoms with Gasteiger partial charge in [-0.25, -0.2) is 4.79 Å². The maximum Gasteiger partial charge on any atom is 0.341 e. The van der Waals surface area contributed by atoms with Crippen LogP contribution in [0.5, 0.6) is 11.5 Å². The highest BCUT2D eigenvalue weighted by atomic mass is 16.6. The number of nitro benzene ring substituents is 1. The first-order valence-corrected chi connectivity index (χ1v) is 9.01. The number of aliphatic carboxylic acids is 1. The predicted octanol–water partition coefficient (Wildman–Crippen LogP) is 4.25. The van der Waals surface area contributed by atoms with E-state index in [1.807, 2.05) is 0 Å². The summed E-state index contributed by atoms with van der Waals surface area (Å²) in [5, 5.41) is 29.3. The van der Waals surface area contributed by atoms with Crippen molar-refractivity contribution in [2.45, 2.75) is 13.3 Å². The highest BCUT2D eigenvalue weighted by Gasteiger charge is 2.15. The van der Waals surface area contributed by atoms with E-state index in [9.17, 15) is 20.2 Å². The molecule has 0 aliphatic heterocycles. The van der Waals surface area contributed by atoms with Crippen molar-refractivity contribution in [3.8, 4) is 17.6 Å². The van der Waals surface area contributed by atoms with Gasteiger partial charge in [0.2, 0.25) is 0 Å². The van der Waals surface area contributed by atoms with Crippen LogP contribution in [0.15, 0.2) is 49.1 Å². The number of nitrogens with zero attached hydrogens (tertiary/aromatic N) is 2. The number of nitriles is 1. The zero-order chi connectivity index (χ0) is 22.1. The number of carboxylic acid groups (broad SMARTS) is 1.